The van der Waals surface area contributed by atoms with Crippen molar-refractivity contribution in [3.8, 4) is 0 Å². The van der Waals surface area contributed by atoms with Crippen LogP contribution in [0.25, 0.3) is 0 Å². The number of thiophene rings is 1. The van der Waals surface area contributed by atoms with Crippen molar-refractivity contribution in [3.63, 3.8) is 0 Å². The molecular weight excluding hydrogens is 384 g/mol. The summed E-state index contributed by atoms with van der Waals surface area (Å²) in [5.41, 5.74) is 4.77. The van der Waals surface area contributed by atoms with Crippen molar-refractivity contribution in [1.29, 1.82) is 0 Å². The van der Waals surface area contributed by atoms with Gasteiger partial charge in [0, 0.05) is 24.0 Å². The maximum absolute atomic E-state index is 4.16. The highest BCUT2D eigenvalue weighted by Crippen LogP contribution is 2.41. The number of fused-ring (bicyclic) bond motifs is 1. The molecule has 1 N–H and O–H groups in total. The van der Waals surface area contributed by atoms with Crippen LogP contribution in [0, 0.1) is 0 Å². The van der Waals surface area contributed by atoms with Crippen LogP contribution < -0.4 is 5.32 Å². The molecule has 150 valence electrons. The van der Waals surface area contributed by atoms with E-state index in [9.17, 15) is 0 Å². The lowest BCUT2D eigenvalue weighted by molar-refractivity contribution is 0.241. The SMILES string of the molecule is CN1Cc2sccc2C(NC(c2ccccc2)(c2ccccc2)c2ccccc2)C1. The first-order chi connectivity index (χ1) is 14.8. The van der Waals surface area contributed by atoms with Crippen molar-refractivity contribution in [2.75, 3.05) is 13.6 Å². The predicted molar refractivity (Wildman–Crippen MR) is 126 cm³/mol. The topological polar surface area (TPSA) is 15.3 Å². The molecule has 0 amide bonds. The molecule has 1 aliphatic rings. The molecule has 0 saturated carbocycles. The van der Waals surface area contributed by atoms with E-state index in [2.05, 4.69) is 120 Å². The molecule has 1 atom stereocenters. The first kappa shape index (κ1) is 19.3. The van der Waals surface area contributed by atoms with Gasteiger partial charge >= 0.3 is 0 Å². The summed E-state index contributed by atoms with van der Waals surface area (Å²) in [5.74, 6) is 0. The highest BCUT2D eigenvalue weighted by atomic mass is 32.1. The van der Waals surface area contributed by atoms with E-state index in [4.69, 9.17) is 0 Å². The van der Waals surface area contributed by atoms with Crippen LogP contribution in [0.1, 0.15) is 33.2 Å². The van der Waals surface area contributed by atoms with Crippen molar-refractivity contribution in [2.45, 2.75) is 18.1 Å². The van der Waals surface area contributed by atoms with E-state index in [1.807, 2.05) is 11.3 Å². The molecule has 5 rings (SSSR count). The van der Waals surface area contributed by atoms with Crippen molar-refractivity contribution in [1.82, 2.24) is 10.2 Å². The zero-order valence-electron chi connectivity index (χ0n) is 17.2. The van der Waals surface area contributed by atoms with Crippen LogP contribution in [0.3, 0.4) is 0 Å². The van der Waals surface area contributed by atoms with E-state index in [1.54, 1.807) is 0 Å². The van der Waals surface area contributed by atoms with Gasteiger partial charge in [-0.1, -0.05) is 91.0 Å². The Morgan fingerprint density at radius 2 is 1.27 bits per heavy atom. The minimum atomic E-state index is -0.439. The number of hydrogen-bond donors (Lipinski definition) is 1. The fourth-order valence-corrected chi connectivity index (χ4v) is 5.73. The third-order valence-corrected chi connectivity index (χ3v) is 7.00. The number of nitrogens with zero attached hydrogens (tertiary/aromatic N) is 1. The number of nitrogens with one attached hydrogen (secondary N) is 1. The van der Waals surface area contributed by atoms with E-state index in [1.165, 1.54) is 27.1 Å². The summed E-state index contributed by atoms with van der Waals surface area (Å²) in [5, 5.41) is 6.39. The third-order valence-electron chi connectivity index (χ3n) is 6.07. The van der Waals surface area contributed by atoms with Gasteiger partial charge in [-0.15, -0.1) is 11.3 Å². The van der Waals surface area contributed by atoms with E-state index >= 15 is 0 Å². The molecule has 1 aliphatic heterocycles. The smallest absolute Gasteiger partial charge is 0.0953 e. The van der Waals surface area contributed by atoms with Crippen LogP contribution in [-0.4, -0.2) is 18.5 Å². The van der Waals surface area contributed by atoms with Crippen LogP contribution in [0.5, 0.6) is 0 Å². The molecule has 3 aromatic carbocycles. The van der Waals surface area contributed by atoms with Gasteiger partial charge in [-0.3, -0.25) is 10.2 Å². The number of likely N-dealkylation sites (N-methyl/N-ethyl adjacent to an activating group) is 1. The van der Waals surface area contributed by atoms with Crippen molar-refractivity contribution < 1.29 is 0 Å². The summed E-state index contributed by atoms with van der Waals surface area (Å²) >= 11 is 1.86. The average molecular weight is 411 g/mol. The third kappa shape index (κ3) is 3.39. The summed E-state index contributed by atoms with van der Waals surface area (Å²) in [6, 6.07) is 35.1. The zero-order chi connectivity index (χ0) is 20.4. The fraction of sp³-hybridized carbons (Fsp3) is 0.185. The molecule has 2 nitrogen and oxygen atoms in total. The monoisotopic (exact) mass is 410 g/mol. The van der Waals surface area contributed by atoms with Gasteiger partial charge < -0.3 is 0 Å². The largest absolute Gasteiger partial charge is 0.299 e. The second-order valence-electron chi connectivity index (χ2n) is 8.04. The molecule has 1 unspecified atom stereocenters. The molecule has 3 heteroatoms. The van der Waals surface area contributed by atoms with E-state index in [-0.39, 0.29) is 6.04 Å². The van der Waals surface area contributed by atoms with Crippen LogP contribution in [-0.2, 0) is 12.1 Å². The molecule has 30 heavy (non-hydrogen) atoms. The molecule has 1 aromatic heterocycles. The average Bonchev–Trinajstić information content (AvgIpc) is 3.28. The molecule has 4 aromatic rings. The zero-order valence-corrected chi connectivity index (χ0v) is 18.0. The Kier molecular flexibility index (Phi) is 5.26. The maximum Gasteiger partial charge on any atom is 0.0953 e. The molecule has 0 saturated heterocycles. The normalized spacial score (nSPS) is 16.9. The summed E-state index contributed by atoms with van der Waals surface area (Å²) in [6.07, 6.45) is 0. The number of benzene rings is 3. The van der Waals surface area contributed by atoms with Crippen molar-refractivity contribution in [2.24, 2.45) is 0 Å². The van der Waals surface area contributed by atoms with E-state index < -0.39 is 5.54 Å². The van der Waals surface area contributed by atoms with Crippen molar-refractivity contribution >= 4 is 11.3 Å². The highest BCUT2D eigenvalue weighted by molar-refractivity contribution is 7.10. The summed E-state index contributed by atoms with van der Waals surface area (Å²) in [7, 11) is 2.21. The Balaban J connectivity index is 1.73. The Morgan fingerprint density at radius 1 is 0.767 bits per heavy atom. The molecule has 0 spiro atoms. The second-order valence-corrected chi connectivity index (χ2v) is 9.04. The van der Waals surface area contributed by atoms with E-state index in [0.717, 1.165) is 13.1 Å². The fourth-order valence-electron chi connectivity index (χ4n) is 4.71. The van der Waals surface area contributed by atoms with Crippen LogP contribution in [0.15, 0.2) is 102 Å². The number of hydrogen-bond acceptors (Lipinski definition) is 3. The van der Waals surface area contributed by atoms with Crippen LogP contribution >= 0.6 is 11.3 Å². The minimum absolute atomic E-state index is 0.241. The summed E-state index contributed by atoms with van der Waals surface area (Å²) in [4.78, 5) is 3.88. The lowest BCUT2D eigenvalue weighted by Crippen LogP contribution is -2.50. The molecule has 0 fully saturated rings. The van der Waals surface area contributed by atoms with Gasteiger partial charge in [0.15, 0.2) is 0 Å². The maximum atomic E-state index is 4.16. The van der Waals surface area contributed by atoms with Crippen molar-refractivity contribution in [3.05, 3.63) is 130 Å². The Labute approximate surface area is 182 Å². The lowest BCUT2D eigenvalue weighted by Gasteiger charge is -2.42. The van der Waals surface area contributed by atoms with Gasteiger partial charge in [0.25, 0.3) is 0 Å². The highest BCUT2D eigenvalue weighted by Gasteiger charge is 2.40. The second kappa shape index (κ2) is 8.19. The Hall–Kier alpha value is -2.72. The first-order valence-corrected chi connectivity index (χ1v) is 11.3. The molecule has 0 bridgehead atoms. The van der Waals surface area contributed by atoms with Gasteiger partial charge in [-0.25, -0.2) is 0 Å². The van der Waals surface area contributed by atoms with Crippen LogP contribution in [0.4, 0.5) is 0 Å². The minimum Gasteiger partial charge on any atom is -0.299 e. The Bertz CT molecular complexity index is 993. The number of rotatable bonds is 5. The van der Waals surface area contributed by atoms with E-state index in [0.29, 0.717) is 0 Å². The predicted octanol–water partition coefficient (Wildman–Crippen LogP) is 5.82. The lowest BCUT2D eigenvalue weighted by atomic mass is 9.76. The summed E-state index contributed by atoms with van der Waals surface area (Å²) in [6.45, 7) is 2.01. The van der Waals surface area contributed by atoms with Gasteiger partial charge in [0.05, 0.1) is 5.54 Å². The van der Waals surface area contributed by atoms with Gasteiger partial charge in [-0.2, -0.15) is 0 Å². The van der Waals surface area contributed by atoms with Gasteiger partial charge in [0.1, 0.15) is 0 Å². The van der Waals surface area contributed by atoms with Crippen LogP contribution in [0.2, 0.25) is 0 Å². The molecule has 0 aliphatic carbocycles. The quantitative estimate of drug-likeness (QED) is 0.417. The Morgan fingerprint density at radius 3 is 1.77 bits per heavy atom. The molecule has 2 heterocycles. The molecule has 0 radical (unpaired) electrons. The molecular formula is C27H26N2S. The standard InChI is InChI=1S/C27H26N2S/c1-29-19-25(24-17-18-30-26(24)20-29)28-27(21-11-5-2-6-12-21,22-13-7-3-8-14-22)23-15-9-4-10-16-23/h2-18,25,28H,19-20H2,1H3. The first-order valence-electron chi connectivity index (χ1n) is 10.5. The van der Waals surface area contributed by atoms with Gasteiger partial charge in [0.2, 0.25) is 0 Å². The summed E-state index contributed by atoms with van der Waals surface area (Å²) < 4.78 is 0. The van der Waals surface area contributed by atoms with Gasteiger partial charge in [-0.05, 0) is 40.7 Å².